The maximum Gasteiger partial charge on any atom is 0.112 e. The van der Waals surface area contributed by atoms with E-state index in [1.807, 2.05) is 37.3 Å². The molecule has 0 aromatic heterocycles. The molecule has 0 saturated heterocycles. The molecule has 1 unspecified atom stereocenters. The Balaban J connectivity index is 2.61. The van der Waals surface area contributed by atoms with Crippen LogP contribution in [-0.4, -0.2) is 5.11 Å². The molecule has 0 spiro atoms. The van der Waals surface area contributed by atoms with Crippen LogP contribution in [-0.2, 0) is 12.0 Å². The topological polar surface area (TPSA) is 20.2 Å². The van der Waals surface area contributed by atoms with Gasteiger partial charge in [0.25, 0.3) is 0 Å². The zero-order valence-corrected chi connectivity index (χ0v) is 11.3. The number of hydrogen-bond donors (Lipinski definition) is 1. The second-order valence-corrected chi connectivity index (χ2v) is 4.90. The van der Waals surface area contributed by atoms with Gasteiger partial charge in [0, 0.05) is 0 Å². The Morgan fingerprint density at radius 2 is 1.67 bits per heavy atom. The predicted octanol–water partition coefficient (Wildman–Crippen LogP) is 3.81. The van der Waals surface area contributed by atoms with Crippen molar-refractivity contribution in [3.8, 4) is 0 Å². The Morgan fingerprint density at radius 1 is 1.00 bits per heavy atom. The molecule has 2 aromatic rings. The third kappa shape index (κ3) is 2.19. The lowest BCUT2D eigenvalue weighted by Crippen LogP contribution is -2.25. The molecule has 2 rings (SSSR count). The van der Waals surface area contributed by atoms with E-state index in [-0.39, 0.29) is 0 Å². The molecule has 0 aliphatic heterocycles. The number of hydrogen-bond acceptors (Lipinski definition) is 1. The molecule has 1 nitrogen and oxygen atoms in total. The van der Waals surface area contributed by atoms with E-state index in [1.54, 1.807) is 0 Å². The van der Waals surface area contributed by atoms with E-state index in [9.17, 15) is 5.11 Å². The van der Waals surface area contributed by atoms with Gasteiger partial charge in [-0.25, -0.2) is 0 Å². The van der Waals surface area contributed by atoms with Crippen LogP contribution >= 0.6 is 0 Å². The fraction of sp³-hybridized carbons (Fsp3) is 0.294. The molecule has 0 fully saturated rings. The first kappa shape index (κ1) is 12.8. The van der Waals surface area contributed by atoms with Crippen LogP contribution in [0.2, 0.25) is 0 Å². The van der Waals surface area contributed by atoms with Gasteiger partial charge in [-0.05, 0) is 42.5 Å². The van der Waals surface area contributed by atoms with E-state index >= 15 is 0 Å². The third-order valence-electron chi connectivity index (χ3n) is 3.56. The van der Waals surface area contributed by atoms with Crippen molar-refractivity contribution in [1.29, 1.82) is 0 Å². The lowest BCUT2D eigenvalue weighted by Gasteiger charge is -2.28. The second-order valence-electron chi connectivity index (χ2n) is 4.90. The van der Waals surface area contributed by atoms with Crippen molar-refractivity contribution in [3.63, 3.8) is 0 Å². The molecule has 2 aromatic carbocycles. The fourth-order valence-electron chi connectivity index (χ4n) is 2.63. The highest BCUT2D eigenvalue weighted by molar-refractivity contribution is 5.44. The van der Waals surface area contributed by atoms with E-state index in [0.717, 1.165) is 23.1 Å². The number of aliphatic hydroxyl groups is 1. The van der Waals surface area contributed by atoms with E-state index in [4.69, 9.17) is 0 Å². The van der Waals surface area contributed by atoms with Gasteiger partial charge >= 0.3 is 0 Å². The van der Waals surface area contributed by atoms with Crippen LogP contribution in [0, 0.1) is 6.92 Å². The van der Waals surface area contributed by atoms with Gasteiger partial charge in [0.05, 0.1) is 0 Å². The summed E-state index contributed by atoms with van der Waals surface area (Å²) in [5.74, 6) is 0. The Morgan fingerprint density at radius 3 is 2.28 bits per heavy atom. The highest BCUT2D eigenvalue weighted by Gasteiger charge is 2.28. The highest BCUT2D eigenvalue weighted by atomic mass is 16.3. The molecular weight excluding hydrogens is 220 g/mol. The molecule has 0 radical (unpaired) electrons. The summed E-state index contributed by atoms with van der Waals surface area (Å²) in [4.78, 5) is 0. The maximum absolute atomic E-state index is 10.9. The van der Waals surface area contributed by atoms with E-state index in [1.165, 1.54) is 5.56 Å². The Labute approximate surface area is 109 Å². The summed E-state index contributed by atoms with van der Waals surface area (Å²) < 4.78 is 0. The van der Waals surface area contributed by atoms with Crippen molar-refractivity contribution in [2.75, 3.05) is 0 Å². The average Bonchev–Trinajstić information content (AvgIpc) is 2.39. The van der Waals surface area contributed by atoms with E-state index in [0.29, 0.717) is 0 Å². The van der Waals surface area contributed by atoms with Crippen LogP contribution in [0.15, 0.2) is 48.5 Å². The van der Waals surface area contributed by atoms with Gasteiger partial charge in [0.15, 0.2) is 0 Å². The van der Waals surface area contributed by atoms with Crippen molar-refractivity contribution in [2.24, 2.45) is 0 Å². The van der Waals surface area contributed by atoms with Crippen LogP contribution in [0.5, 0.6) is 0 Å². The zero-order chi connectivity index (χ0) is 13.2. The standard InChI is InChI=1S/C17H20O/c1-4-14-10-8-9-13(2)16(14)17(3,18)15-11-6-5-7-12-15/h5-12,18H,4H2,1-3H3. The minimum atomic E-state index is -0.933. The summed E-state index contributed by atoms with van der Waals surface area (Å²) in [7, 11) is 0. The molecule has 1 heteroatoms. The molecule has 1 N–H and O–H groups in total. The quantitative estimate of drug-likeness (QED) is 0.865. The monoisotopic (exact) mass is 240 g/mol. The van der Waals surface area contributed by atoms with Gasteiger partial charge in [-0.1, -0.05) is 55.5 Å². The van der Waals surface area contributed by atoms with Gasteiger partial charge in [-0.2, -0.15) is 0 Å². The van der Waals surface area contributed by atoms with Gasteiger partial charge in [0.1, 0.15) is 5.60 Å². The molecule has 0 saturated carbocycles. The van der Waals surface area contributed by atoms with Crippen molar-refractivity contribution in [3.05, 3.63) is 70.8 Å². The molecular formula is C17H20O. The number of rotatable bonds is 3. The third-order valence-corrected chi connectivity index (χ3v) is 3.56. The van der Waals surface area contributed by atoms with E-state index in [2.05, 4.69) is 32.0 Å². The fourth-order valence-corrected chi connectivity index (χ4v) is 2.63. The molecule has 0 amide bonds. The smallest absolute Gasteiger partial charge is 0.112 e. The molecule has 1 atom stereocenters. The van der Waals surface area contributed by atoms with E-state index < -0.39 is 5.60 Å². The number of aryl methyl sites for hydroxylation is 2. The Bertz CT molecular complexity index is 527. The minimum Gasteiger partial charge on any atom is -0.381 e. The lowest BCUT2D eigenvalue weighted by atomic mass is 9.82. The van der Waals surface area contributed by atoms with Gasteiger partial charge in [-0.3, -0.25) is 0 Å². The summed E-state index contributed by atoms with van der Waals surface area (Å²) in [6, 6.07) is 16.1. The van der Waals surface area contributed by atoms with Gasteiger partial charge in [-0.15, -0.1) is 0 Å². The highest BCUT2D eigenvalue weighted by Crippen LogP contribution is 2.33. The maximum atomic E-state index is 10.9. The largest absolute Gasteiger partial charge is 0.381 e. The van der Waals surface area contributed by atoms with Gasteiger partial charge < -0.3 is 5.11 Å². The first-order chi connectivity index (χ1) is 8.57. The van der Waals surface area contributed by atoms with Crippen molar-refractivity contribution < 1.29 is 5.11 Å². The second kappa shape index (κ2) is 4.95. The summed E-state index contributed by atoms with van der Waals surface area (Å²) in [5, 5.41) is 10.9. The molecule has 18 heavy (non-hydrogen) atoms. The molecule has 0 bridgehead atoms. The van der Waals surface area contributed by atoms with Crippen LogP contribution in [0.3, 0.4) is 0 Å². The Hall–Kier alpha value is -1.60. The van der Waals surface area contributed by atoms with Crippen molar-refractivity contribution in [1.82, 2.24) is 0 Å². The zero-order valence-electron chi connectivity index (χ0n) is 11.3. The molecule has 0 aliphatic carbocycles. The van der Waals surface area contributed by atoms with Crippen LogP contribution in [0.1, 0.15) is 36.1 Å². The molecule has 0 heterocycles. The van der Waals surface area contributed by atoms with Crippen LogP contribution in [0.25, 0.3) is 0 Å². The van der Waals surface area contributed by atoms with Gasteiger partial charge in [0.2, 0.25) is 0 Å². The van der Waals surface area contributed by atoms with Crippen LogP contribution < -0.4 is 0 Å². The Kier molecular flexibility index (Phi) is 3.53. The SMILES string of the molecule is CCc1cccc(C)c1C(C)(O)c1ccccc1. The first-order valence-corrected chi connectivity index (χ1v) is 6.44. The normalized spacial score (nSPS) is 14.2. The minimum absolute atomic E-state index is 0.931. The summed E-state index contributed by atoms with van der Waals surface area (Å²) in [6.07, 6.45) is 0.931. The number of benzene rings is 2. The average molecular weight is 240 g/mol. The predicted molar refractivity (Wildman–Crippen MR) is 75.7 cm³/mol. The van der Waals surface area contributed by atoms with Crippen molar-refractivity contribution in [2.45, 2.75) is 32.8 Å². The molecule has 94 valence electrons. The summed E-state index contributed by atoms with van der Waals surface area (Å²) in [6.45, 7) is 6.06. The van der Waals surface area contributed by atoms with Crippen LogP contribution in [0.4, 0.5) is 0 Å². The van der Waals surface area contributed by atoms with Crippen molar-refractivity contribution >= 4 is 0 Å². The summed E-state index contributed by atoms with van der Waals surface area (Å²) >= 11 is 0. The first-order valence-electron chi connectivity index (χ1n) is 6.44. The summed E-state index contributed by atoms with van der Waals surface area (Å²) in [5.41, 5.74) is 3.40. The molecule has 0 aliphatic rings. The lowest BCUT2D eigenvalue weighted by molar-refractivity contribution is 0.101.